The van der Waals surface area contributed by atoms with Gasteiger partial charge < -0.3 is 10.4 Å². The first-order valence-electron chi connectivity index (χ1n) is 5.25. The quantitative estimate of drug-likeness (QED) is 0.640. The number of carbonyl (C=O) groups excluding carboxylic acids is 1. The minimum absolute atomic E-state index is 0.343. The Bertz CT molecular complexity index is 532. The third-order valence-electron chi connectivity index (χ3n) is 2.33. The Kier molecular flexibility index (Phi) is 4.15. The van der Waals surface area contributed by atoms with E-state index in [0.717, 1.165) is 0 Å². The minimum Gasteiger partial charge on any atom is -0.394 e. The van der Waals surface area contributed by atoms with Gasteiger partial charge in [-0.25, -0.2) is 4.39 Å². The summed E-state index contributed by atoms with van der Waals surface area (Å²) < 4.78 is 26.8. The number of halogens is 2. The van der Waals surface area contributed by atoms with Crippen molar-refractivity contribution in [1.29, 1.82) is 0 Å². The van der Waals surface area contributed by atoms with Crippen LogP contribution in [0.5, 0.6) is 0 Å². The van der Waals surface area contributed by atoms with Crippen LogP contribution in [0, 0.1) is 21.7 Å². The molecular formula is C11H12F2N2O4. The number of carbonyl (C=O) groups is 1. The number of aliphatic hydroxyl groups is 1. The molecule has 0 saturated carbocycles. The summed E-state index contributed by atoms with van der Waals surface area (Å²) in [5.74, 6) is -3.48. The largest absolute Gasteiger partial charge is 0.394 e. The van der Waals surface area contributed by atoms with Gasteiger partial charge in [-0.15, -0.1) is 0 Å². The first-order chi connectivity index (χ1) is 8.68. The van der Waals surface area contributed by atoms with Crippen molar-refractivity contribution in [3.63, 3.8) is 0 Å². The molecule has 1 aromatic rings. The molecule has 0 aliphatic heterocycles. The van der Waals surface area contributed by atoms with Crippen molar-refractivity contribution in [2.45, 2.75) is 19.4 Å². The predicted molar refractivity (Wildman–Crippen MR) is 61.6 cm³/mol. The molecule has 0 aromatic heterocycles. The lowest BCUT2D eigenvalue weighted by atomic mass is 10.1. The molecule has 1 aromatic carbocycles. The highest BCUT2D eigenvalue weighted by atomic mass is 19.1. The fourth-order valence-corrected chi connectivity index (χ4v) is 1.26. The lowest BCUT2D eigenvalue weighted by molar-refractivity contribution is -0.387. The highest BCUT2D eigenvalue weighted by Gasteiger charge is 2.25. The number of aliphatic hydroxyl groups excluding tert-OH is 1. The van der Waals surface area contributed by atoms with Crippen LogP contribution in [0.4, 0.5) is 14.5 Å². The SMILES string of the molecule is CC(C)(CO)NC(=O)c1cc(F)c([N+](=O)[O-])cc1F. The summed E-state index contributed by atoms with van der Waals surface area (Å²) in [6.07, 6.45) is 0. The topological polar surface area (TPSA) is 92.5 Å². The Morgan fingerprint density at radius 3 is 2.47 bits per heavy atom. The molecule has 2 N–H and O–H groups in total. The van der Waals surface area contributed by atoms with Crippen LogP contribution < -0.4 is 5.32 Å². The molecule has 8 heteroatoms. The van der Waals surface area contributed by atoms with Gasteiger partial charge in [-0.05, 0) is 19.9 Å². The number of rotatable bonds is 4. The molecule has 0 fully saturated rings. The van der Waals surface area contributed by atoms with Gasteiger partial charge in [0.2, 0.25) is 5.82 Å². The molecular weight excluding hydrogens is 262 g/mol. The summed E-state index contributed by atoms with van der Waals surface area (Å²) in [6, 6.07) is 0.798. The van der Waals surface area contributed by atoms with Gasteiger partial charge in [0, 0.05) is 0 Å². The maximum Gasteiger partial charge on any atom is 0.307 e. The van der Waals surface area contributed by atoms with Crippen LogP contribution in [0.2, 0.25) is 0 Å². The third-order valence-corrected chi connectivity index (χ3v) is 2.33. The van der Waals surface area contributed by atoms with Crippen LogP contribution in [0.15, 0.2) is 12.1 Å². The average Bonchev–Trinajstić information content (AvgIpc) is 2.30. The molecule has 19 heavy (non-hydrogen) atoms. The predicted octanol–water partition coefficient (Wildman–Crippen LogP) is 1.37. The highest BCUT2D eigenvalue weighted by molar-refractivity contribution is 5.95. The molecule has 0 spiro atoms. The van der Waals surface area contributed by atoms with Crippen LogP contribution in [0.25, 0.3) is 0 Å². The van der Waals surface area contributed by atoms with E-state index in [1.54, 1.807) is 0 Å². The molecule has 0 atom stereocenters. The van der Waals surface area contributed by atoms with E-state index in [2.05, 4.69) is 5.32 Å². The monoisotopic (exact) mass is 274 g/mol. The zero-order chi connectivity index (χ0) is 14.8. The van der Waals surface area contributed by atoms with Crippen molar-refractivity contribution in [3.8, 4) is 0 Å². The van der Waals surface area contributed by atoms with Crippen molar-refractivity contribution in [2.24, 2.45) is 0 Å². The Balaban J connectivity index is 3.12. The second-order valence-corrected chi connectivity index (χ2v) is 4.54. The summed E-state index contributed by atoms with van der Waals surface area (Å²) >= 11 is 0. The molecule has 1 amide bonds. The summed E-state index contributed by atoms with van der Waals surface area (Å²) in [4.78, 5) is 21.0. The number of benzene rings is 1. The molecule has 104 valence electrons. The zero-order valence-corrected chi connectivity index (χ0v) is 10.2. The average molecular weight is 274 g/mol. The van der Waals surface area contributed by atoms with Crippen molar-refractivity contribution >= 4 is 11.6 Å². The Hall–Kier alpha value is -2.09. The van der Waals surface area contributed by atoms with E-state index >= 15 is 0 Å². The Labute approximate surface area is 107 Å². The van der Waals surface area contributed by atoms with Crippen LogP contribution in [0.1, 0.15) is 24.2 Å². The molecule has 1 rings (SSSR count). The zero-order valence-electron chi connectivity index (χ0n) is 10.2. The lowest BCUT2D eigenvalue weighted by Crippen LogP contribution is -2.46. The van der Waals surface area contributed by atoms with E-state index in [1.807, 2.05) is 0 Å². The standard InChI is InChI=1S/C11H12F2N2O4/c1-11(2,5-16)14-10(17)6-3-8(13)9(15(18)19)4-7(6)12/h3-4,16H,5H2,1-2H3,(H,14,17). The van der Waals surface area contributed by atoms with Crippen LogP contribution in [0.3, 0.4) is 0 Å². The normalized spacial score (nSPS) is 11.2. The van der Waals surface area contributed by atoms with Gasteiger partial charge in [-0.3, -0.25) is 14.9 Å². The second-order valence-electron chi connectivity index (χ2n) is 4.54. The van der Waals surface area contributed by atoms with Gasteiger partial charge in [0.25, 0.3) is 5.91 Å². The molecule has 0 heterocycles. The molecule has 0 aliphatic carbocycles. The fraction of sp³-hybridized carbons (Fsp3) is 0.364. The summed E-state index contributed by atoms with van der Waals surface area (Å²) in [7, 11) is 0. The second kappa shape index (κ2) is 5.27. The summed E-state index contributed by atoms with van der Waals surface area (Å²) in [5.41, 5.74) is -2.73. The fourth-order valence-electron chi connectivity index (χ4n) is 1.26. The van der Waals surface area contributed by atoms with Gasteiger partial charge in [0.1, 0.15) is 5.82 Å². The van der Waals surface area contributed by atoms with Crippen molar-refractivity contribution in [3.05, 3.63) is 39.4 Å². The molecule has 0 saturated heterocycles. The molecule has 6 nitrogen and oxygen atoms in total. The van der Waals surface area contributed by atoms with Gasteiger partial charge >= 0.3 is 5.69 Å². The Morgan fingerprint density at radius 2 is 2.00 bits per heavy atom. The van der Waals surface area contributed by atoms with Gasteiger partial charge in [-0.1, -0.05) is 0 Å². The van der Waals surface area contributed by atoms with Gasteiger partial charge in [0.05, 0.1) is 28.7 Å². The molecule has 0 aliphatic rings. The number of nitro benzene ring substituents is 1. The van der Waals surface area contributed by atoms with E-state index in [-0.39, 0.29) is 0 Å². The van der Waals surface area contributed by atoms with E-state index in [1.165, 1.54) is 13.8 Å². The maximum atomic E-state index is 13.5. The number of hydrogen-bond acceptors (Lipinski definition) is 4. The van der Waals surface area contributed by atoms with Gasteiger partial charge in [0.15, 0.2) is 0 Å². The van der Waals surface area contributed by atoms with E-state index in [4.69, 9.17) is 5.11 Å². The van der Waals surface area contributed by atoms with E-state index in [0.29, 0.717) is 12.1 Å². The van der Waals surface area contributed by atoms with Crippen LogP contribution in [-0.2, 0) is 0 Å². The molecule has 0 radical (unpaired) electrons. The number of nitrogens with one attached hydrogen (secondary N) is 1. The number of hydrogen-bond donors (Lipinski definition) is 2. The minimum atomic E-state index is -1.31. The number of nitrogens with zero attached hydrogens (tertiary/aromatic N) is 1. The Morgan fingerprint density at radius 1 is 1.42 bits per heavy atom. The van der Waals surface area contributed by atoms with Crippen LogP contribution in [-0.4, -0.2) is 28.1 Å². The first-order valence-corrected chi connectivity index (χ1v) is 5.25. The number of amides is 1. The van der Waals surface area contributed by atoms with E-state index in [9.17, 15) is 23.7 Å². The molecule has 0 bridgehead atoms. The summed E-state index contributed by atoms with van der Waals surface area (Å²) in [6.45, 7) is 2.55. The first kappa shape index (κ1) is 15.0. The smallest absolute Gasteiger partial charge is 0.307 e. The van der Waals surface area contributed by atoms with Crippen LogP contribution >= 0.6 is 0 Å². The van der Waals surface area contributed by atoms with Crippen molar-refractivity contribution in [1.82, 2.24) is 5.32 Å². The number of nitro groups is 1. The van der Waals surface area contributed by atoms with E-state index < -0.39 is 45.9 Å². The van der Waals surface area contributed by atoms with Gasteiger partial charge in [-0.2, -0.15) is 4.39 Å². The van der Waals surface area contributed by atoms with Crippen molar-refractivity contribution < 1.29 is 23.6 Å². The molecule has 0 unspecified atom stereocenters. The maximum absolute atomic E-state index is 13.5. The lowest BCUT2D eigenvalue weighted by Gasteiger charge is -2.23. The van der Waals surface area contributed by atoms with Crippen molar-refractivity contribution in [2.75, 3.05) is 6.61 Å². The third kappa shape index (κ3) is 3.44. The highest BCUT2D eigenvalue weighted by Crippen LogP contribution is 2.21. The summed E-state index contributed by atoms with van der Waals surface area (Å²) in [5, 5.41) is 21.6.